The van der Waals surface area contributed by atoms with Crippen LogP contribution in [0.2, 0.25) is 0 Å². The molecule has 0 saturated carbocycles. The highest BCUT2D eigenvalue weighted by Gasteiger charge is 2.24. The molecule has 0 atom stereocenters. The second kappa shape index (κ2) is 8.26. The van der Waals surface area contributed by atoms with E-state index in [0.717, 1.165) is 16.9 Å². The van der Waals surface area contributed by atoms with E-state index in [1.165, 1.54) is 12.1 Å². The largest absolute Gasteiger partial charge is 0.421 e. The van der Waals surface area contributed by atoms with Crippen LogP contribution in [0.25, 0.3) is 11.5 Å². The fourth-order valence-corrected chi connectivity index (χ4v) is 3.23. The number of urea groups is 1. The molecule has 2 amide bonds. The third-order valence-electron chi connectivity index (χ3n) is 4.77. The Hall–Kier alpha value is -3.49. The van der Waals surface area contributed by atoms with E-state index in [-0.39, 0.29) is 11.8 Å². The summed E-state index contributed by atoms with van der Waals surface area (Å²) in [6.07, 6.45) is 1.73. The molecular formula is C20H21FN6O2. The average molecular weight is 396 g/mol. The van der Waals surface area contributed by atoms with Crippen LogP contribution in [0.15, 0.2) is 47.0 Å². The summed E-state index contributed by atoms with van der Waals surface area (Å²) in [4.78, 5) is 20.8. The van der Waals surface area contributed by atoms with E-state index >= 15 is 0 Å². The van der Waals surface area contributed by atoms with Gasteiger partial charge in [-0.25, -0.2) is 14.2 Å². The molecule has 150 valence electrons. The molecule has 0 unspecified atom stereocenters. The van der Waals surface area contributed by atoms with E-state index in [1.54, 1.807) is 30.2 Å². The van der Waals surface area contributed by atoms with Crippen molar-refractivity contribution in [1.82, 2.24) is 25.4 Å². The third-order valence-corrected chi connectivity index (χ3v) is 4.77. The van der Waals surface area contributed by atoms with E-state index in [1.807, 2.05) is 12.1 Å². The van der Waals surface area contributed by atoms with Crippen molar-refractivity contribution in [3.63, 3.8) is 0 Å². The van der Waals surface area contributed by atoms with Crippen LogP contribution < -0.4 is 10.2 Å². The maximum absolute atomic E-state index is 13.0. The minimum atomic E-state index is -0.291. The number of rotatable bonds is 4. The van der Waals surface area contributed by atoms with E-state index in [9.17, 15) is 9.18 Å². The lowest BCUT2D eigenvalue weighted by atomic mass is 10.2. The molecule has 0 spiro atoms. The molecule has 1 fully saturated rings. The molecule has 1 N–H and O–H groups in total. The molecule has 1 aliphatic rings. The van der Waals surface area contributed by atoms with Crippen LogP contribution in [0, 0.1) is 12.7 Å². The van der Waals surface area contributed by atoms with Gasteiger partial charge < -0.3 is 19.5 Å². The van der Waals surface area contributed by atoms with Gasteiger partial charge in [0.2, 0.25) is 5.89 Å². The number of carbonyl (C=O) groups excluding carboxylic acids is 1. The van der Waals surface area contributed by atoms with Crippen molar-refractivity contribution in [3.05, 3.63) is 59.9 Å². The predicted molar refractivity (Wildman–Crippen MR) is 105 cm³/mol. The predicted octanol–water partition coefficient (Wildman–Crippen LogP) is 2.61. The van der Waals surface area contributed by atoms with Crippen LogP contribution in [0.3, 0.4) is 0 Å². The molecule has 8 nitrogen and oxygen atoms in total. The van der Waals surface area contributed by atoms with Gasteiger partial charge in [0.15, 0.2) is 0 Å². The lowest BCUT2D eigenvalue weighted by Crippen LogP contribution is -2.52. The number of carbonyl (C=O) groups is 1. The molecule has 1 saturated heterocycles. The number of hydrogen-bond acceptors (Lipinski definition) is 6. The molecule has 1 aliphatic heterocycles. The molecule has 0 bridgehead atoms. The molecule has 3 aromatic rings. The first-order chi connectivity index (χ1) is 14.1. The summed E-state index contributed by atoms with van der Waals surface area (Å²) >= 11 is 0. The average Bonchev–Trinajstić information content (AvgIpc) is 3.19. The Labute approximate surface area is 167 Å². The second-order valence-corrected chi connectivity index (χ2v) is 6.76. The summed E-state index contributed by atoms with van der Waals surface area (Å²) in [6, 6.07) is 9.69. The van der Waals surface area contributed by atoms with Crippen molar-refractivity contribution in [2.24, 2.45) is 0 Å². The first-order valence-corrected chi connectivity index (χ1v) is 9.38. The Morgan fingerprint density at radius 3 is 2.59 bits per heavy atom. The summed E-state index contributed by atoms with van der Waals surface area (Å²) in [5.41, 5.74) is 1.63. The molecule has 0 aliphatic carbocycles. The summed E-state index contributed by atoms with van der Waals surface area (Å²) in [7, 11) is 0. The summed E-state index contributed by atoms with van der Waals surface area (Å²) in [6.45, 7) is 4.51. The number of amides is 2. The molecule has 2 aromatic heterocycles. The SMILES string of the molecule is Cc1nnc(-c2cccnc2N2CCN(C(=O)NCc3ccc(F)cc3)CC2)o1. The van der Waals surface area contributed by atoms with Crippen molar-refractivity contribution < 1.29 is 13.6 Å². The van der Waals surface area contributed by atoms with Gasteiger partial charge in [-0.2, -0.15) is 0 Å². The molecule has 29 heavy (non-hydrogen) atoms. The Bertz CT molecular complexity index is 983. The van der Waals surface area contributed by atoms with E-state index in [4.69, 9.17) is 4.42 Å². The van der Waals surface area contributed by atoms with Gasteiger partial charge >= 0.3 is 6.03 Å². The topological polar surface area (TPSA) is 87.4 Å². The van der Waals surface area contributed by atoms with E-state index in [0.29, 0.717) is 44.5 Å². The number of piperazine rings is 1. The van der Waals surface area contributed by atoms with Crippen LogP contribution in [-0.2, 0) is 6.54 Å². The lowest BCUT2D eigenvalue weighted by Gasteiger charge is -2.35. The molecule has 9 heteroatoms. The third kappa shape index (κ3) is 4.34. The normalized spacial score (nSPS) is 14.1. The van der Waals surface area contributed by atoms with Crippen LogP contribution in [0.5, 0.6) is 0 Å². The number of anilines is 1. The monoisotopic (exact) mass is 396 g/mol. The first kappa shape index (κ1) is 18.9. The highest BCUT2D eigenvalue weighted by atomic mass is 19.1. The maximum atomic E-state index is 13.0. The molecule has 1 aromatic carbocycles. The van der Waals surface area contributed by atoms with Crippen LogP contribution in [0.1, 0.15) is 11.5 Å². The van der Waals surface area contributed by atoms with Crippen molar-refractivity contribution in [2.45, 2.75) is 13.5 Å². The number of aromatic nitrogens is 3. The van der Waals surface area contributed by atoms with Gasteiger partial charge in [0.1, 0.15) is 11.6 Å². The van der Waals surface area contributed by atoms with Crippen molar-refractivity contribution >= 4 is 11.8 Å². The molecule has 3 heterocycles. The molecular weight excluding hydrogens is 375 g/mol. The van der Waals surface area contributed by atoms with Crippen molar-refractivity contribution in [3.8, 4) is 11.5 Å². The van der Waals surface area contributed by atoms with Crippen LogP contribution in [-0.4, -0.2) is 52.3 Å². The van der Waals surface area contributed by atoms with Gasteiger partial charge in [-0.1, -0.05) is 12.1 Å². The molecule has 0 radical (unpaired) electrons. The maximum Gasteiger partial charge on any atom is 0.317 e. The number of nitrogens with one attached hydrogen (secondary N) is 1. The smallest absolute Gasteiger partial charge is 0.317 e. The van der Waals surface area contributed by atoms with E-state index in [2.05, 4.69) is 25.4 Å². The number of pyridine rings is 1. The van der Waals surface area contributed by atoms with Gasteiger partial charge in [0.25, 0.3) is 5.89 Å². The Morgan fingerprint density at radius 1 is 1.14 bits per heavy atom. The van der Waals surface area contributed by atoms with Crippen molar-refractivity contribution in [2.75, 3.05) is 31.1 Å². The number of nitrogens with zero attached hydrogens (tertiary/aromatic N) is 5. The summed E-state index contributed by atoms with van der Waals surface area (Å²) < 4.78 is 18.5. The summed E-state index contributed by atoms with van der Waals surface area (Å²) in [5, 5.41) is 10.9. The zero-order valence-corrected chi connectivity index (χ0v) is 16.0. The van der Waals surface area contributed by atoms with Gasteiger partial charge in [-0.3, -0.25) is 0 Å². The highest BCUT2D eigenvalue weighted by molar-refractivity contribution is 5.75. The van der Waals surface area contributed by atoms with Gasteiger partial charge in [-0.05, 0) is 29.8 Å². The minimum Gasteiger partial charge on any atom is -0.421 e. The Kier molecular flexibility index (Phi) is 5.37. The Morgan fingerprint density at radius 2 is 1.90 bits per heavy atom. The van der Waals surface area contributed by atoms with Gasteiger partial charge in [0.05, 0.1) is 5.56 Å². The minimum absolute atomic E-state index is 0.136. The van der Waals surface area contributed by atoms with Crippen molar-refractivity contribution in [1.29, 1.82) is 0 Å². The number of halogens is 1. The van der Waals surface area contributed by atoms with E-state index < -0.39 is 0 Å². The van der Waals surface area contributed by atoms with Gasteiger partial charge in [0, 0.05) is 45.8 Å². The van der Waals surface area contributed by atoms with Crippen LogP contribution in [0.4, 0.5) is 15.0 Å². The number of aryl methyl sites for hydroxylation is 1. The standard InChI is InChI=1S/C20H21FN6O2/c1-14-24-25-19(29-14)17-3-2-8-22-18(17)26-9-11-27(12-10-26)20(28)23-13-15-4-6-16(21)7-5-15/h2-8H,9-13H2,1H3,(H,23,28). The zero-order chi connectivity index (χ0) is 20.2. The summed E-state index contributed by atoms with van der Waals surface area (Å²) in [5.74, 6) is 1.41. The number of benzene rings is 1. The Balaban J connectivity index is 1.36. The fraction of sp³-hybridized carbons (Fsp3) is 0.300. The van der Waals surface area contributed by atoms with Gasteiger partial charge in [-0.15, -0.1) is 10.2 Å². The fourth-order valence-electron chi connectivity index (χ4n) is 3.23. The first-order valence-electron chi connectivity index (χ1n) is 9.38. The quantitative estimate of drug-likeness (QED) is 0.729. The molecule has 4 rings (SSSR count). The zero-order valence-electron chi connectivity index (χ0n) is 16.0. The second-order valence-electron chi connectivity index (χ2n) is 6.76. The van der Waals surface area contributed by atoms with Crippen LogP contribution >= 0.6 is 0 Å². The highest BCUT2D eigenvalue weighted by Crippen LogP contribution is 2.28. The lowest BCUT2D eigenvalue weighted by molar-refractivity contribution is 0.194. The number of hydrogen-bond donors (Lipinski definition) is 1.